The highest BCUT2D eigenvalue weighted by Gasteiger charge is 2.93. The van der Waals surface area contributed by atoms with Gasteiger partial charge in [0.05, 0.1) is 0 Å². The molecule has 0 bridgehead atoms. The molecule has 0 unspecified atom stereocenters. The molecule has 17 heteroatoms. The summed E-state index contributed by atoms with van der Waals surface area (Å²) in [5.41, 5.74) is 0. The number of hydrogen-bond acceptors (Lipinski definition) is 1. The molecule has 0 atom stereocenters. The average Bonchev–Trinajstić information content (AvgIpc) is 2.61. The highest BCUT2D eigenvalue weighted by atomic mass is 35.5. The Kier molecular flexibility index (Phi) is 8.22. The van der Waals surface area contributed by atoms with E-state index in [4.69, 9.17) is 0 Å². The lowest BCUT2D eigenvalue weighted by atomic mass is 9.90. The first kappa shape index (κ1) is 29.8. The molecular weight excluding hydrogens is 524 g/mol. The maximum absolute atomic E-state index is 13.9. The van der Waals surface area contributed by atoms with Crippen molar-refractivity contribution in [1.29, 1.82) is 0 Å². The normalized spacial score (nSPS) is 19.1. The van der Waals surface area contributed by atoms with Gasteiger partial charge in [-0.1, -0.05) is 32.1 Å². The van der Waals surface area contributed by atoms with Crippen molar-refractivity contribution in [3.05, 3.63) is 0 Å². The van der Waals surface area contributed by atoms with Crippen molar-refractivity contribution in [1.82, 2.24) is 5.32 Å². The lowest BCUT2D eigenvalue weighted by Gasteiger charge is -2.41. The van der Waals surface area contributed by atoms with Crippen molar-refractivity contribution in [3.8, 4) is 0 Å². The molecule has 0 saturated heterocycles. The summed E-state index contributed by atoms with van der Waals surface area (Å²) in [5, 5.41) is -5.47. The highest BCUT2D eigenvalue weighted by Crippen LogP contribution is 2.62. The van der Waals surface area contributed by atoms with E-state index in [1.165, 1.54) is 5.32 Å². The van der Waals surface area contributed by atoms with E-state index < -0.39 is 52.9 Å². The maximum atomic E-state index is 13.9. The second-order valence-corrected chi connectivity index (χ2v) is 7.93. The van der Waals surface area contributed by atoms with Crippen LogP contribution >= 0.6 is 11.6 Å². The number of nitrogens with one attached hydrogen (secondary N) is 1. The van der Waals surface area contributed by atoms with Crippen molar-refractivity contribution in [2.45, 2.75) is 91.9 Å². The quantitative estimate of drug-likeness (QED) is 0.265. The highest BCUT2D eigenvalue weighted by molar-refractivity contribution is 6.22. The predicted octanol–water partition coefficient (Wildman–Crippen LogP) is 6.86. The van der Waals surface area contributed by atoms with Crippen LogP contribution in [0.3, 0.4) is 0 Å². The minimum Gasteiger partial charge on any atom is -0.348 e. The van der Waals surface area contributed by atoms with Crippen molar-refractivity contribution >= 4 is 17.5 Å². The van der Waals surface area contributed by atoms with Crippen LogP contribution in [0.5, 0.6) is 0 Å². The minimum absolute atomic E-state index is 0.102. The number of halogens is 15. The number of carbonyl (C=O) groups is 1. The van der Waals surface area contributed by atoms with Crippen molar-refractivity contribution < 1.29 is 66.3 Å². The molecule has 1 aliphatic rings. The van der Waals surface area contributed by atoms with Crippen LogP contribution in [0.4, 0.5) is 61.5 Å². The molecule has 196 valence electrons. The Labute approximate surface area is 182 Å². The number of alkyl halides is 15. The molecule has 1 aliphatic carbocycles. The number of rotatable bonds is 8. The van der Waals surface area contributed by atoms with E-state index >= 15 is 0 Å². The first-order valence-electron chi connectivity index (χ1n) is 9.14. The SMILES string of the molecule is O=C(NC1CCCCCCC1)C(F)(F)C(F)(F)C(F)(F)C(F)(F)C(F)(F)C(F)(F)C(F)(F)Cl. The van der Waals surface area contributed by atoms with E-state index in [-0.39, 0.29) is 25.7 Å². The van der Waals surface area contributed by atoms with Crippen LogP contribution in [0, 0.1) is 0 Å². The molecule has 1 rings (SSSR count). The van der Waals surface area contributed by atoms with Crippen LogP contribution in [0.2, 0.25) is 0 Å². The molecule has 1 saturated carbocycles. The van der Waals surface area contributed by atoms with Gasteiger partial charge in [-0.25, -0.2) is 0 Å². The minimum atomic E-state index is -8.24. The summed E-state index contributed by atoms with van der Waals surface area (Å²) >= 11 is 3.51. The first-order chi connectivity index (χ1) is 14.5. The Morgan fingerprint density at radius 2 is 0.909 bits per heavy atom. The Balaban J connectivity index is 3.34. The van der Waals surface area contributed by atoms with Crippen molar-refractivity contribution in [3.63, 3.8) is 0 Å². The fourth-order valence-corrected chi connectivity index (χ4v) is 3.10. The van der Waals surface area contributed by atoms with Crippen LogP contribution in [0.15, 0.2) is 0 Å². The second-order valence-electron chi connectivity index (χ2n) is 7.46. The standard InChI is InChI=1S/C16H16ClF14NO/c17-16(30,31)15(28,29)14(26,27)13(24,25)12(22,23)11(20,21)10(18,19)9(33)32-8-6-4-2-1-3-5-7-8/h8H,1-7H2,(H,32,33). The van der Waals surface area contributed by atoms with Gasteiger partial charge in [0.25, 0.3) is 5.91 Å². The topological polar surface area (TPSA) is 29.1 Å². The Hall–Kier alpha value is -1.22. The van der Waals surface area contributed by atoms with Gasteiger partial charge in [0.1, 0.15) is 0 Å². The third kappa shape index (κ3) is 4.81. The summed E-state index contributed by atoms with van der Waals surface area (Å²) in [4.78, 5) is 11.6. The lowest BCUT2D eigenvalue weighted by molar-refractivity contribution is -0.431. The van der Waals surface area contributed by atoms with E-state index in [9.17, 15) is 66.3 Å². The predicted molar refractivity (Wildman–Crippen MR) is 84.7 cm³/mol. The van der Waals surface area contributed by atoms with Gasteiger partial charge in [-0.15, -0.1) is 0 Å². The molecular formula is C16H16ClF14NO. The fraction of sp³-hybridized carbons (Fsp3) is 0.938. The average molecular weight is 540 g/mol. The summed E-state index contributed by atoms with van der Waals surface area (Å²) < 4.78 is 187. The van der Waals surface area contributed by atoms with E-state index in [1.54, 1.807) is 0 Å². The third-order valence-corrected chi connectivity index (χ3v) is 5.29. The second kappa shape index (κ2) is 9.10. The van der Waals surface area contributed by atoms with Gasteiger partial charge in [0.2, 0.25) is 0 Å². The zero-order valence-corrected chi connectivity index (χ0v) is 16.9. The number of hydrogen-bond donors (Lipinski definition) is 1. The fourth-order valence-electron chi connectivity index (χ4n) is 2.99. The van der Waals surface area contributed by atoms with Gasteiger partial charge in [-0.3, -0.25) is 4.79 Å². The molecule has 0 spiro atoms. The number of carbonyl (C=O) groups excluding carboxylic acids is 1. The van der Waals surface area contributed by atoms with E-state index in [0.717, 1.165) is 0 Å². The van der Waals surface area contributed by atoms with Gasteiger partial charge in [-0.05, 0) is 24.4 Å². The molecule has 2 nitrogen and oxygen atoms in total. The Bertz CT molecular complexity index is 698. The van der Waals surface area contributed by atoms with Gasteiger partial charge in [0, 0.05) is 6.04 Å². The molecule has 0 heterocycles. The van der Waals surface area contributed by atoms with Crippen LogP contribution in [-0.4, -0.2) is 52.9 Å². The summed E-state index contributed by atoms with van der Waals surface area (Å²) in [6.07, 6.45) is 2.10. The zero-order valence-electron chi connectivity index (χ0n) is 16.1. The maximum Gasteiger partial charge on any atom is 0.393 e. The Morgan fingerprint density at radius 1 is 0.576 bits per heavy atom. The van der Waals surface area contributed by atoms with Crippen LogP contribution < -0.4 is 5.32 Å². The zero-order chi connectivity index (χ0) is 26.3. The summed E-state index contributed by atoms with van der Waals surface area (Å²) in [6.45, 7) is 0. The largest absolute Gasteiger partial charge is 0.393 e. The summed E-state index contributed by atoms with van der Waals surface area (Å²) in [6, 6.07) is -1.30. The van der Waals surface area contributed by atoms with Gasteiger partial charge >= 0.3 is 40.9 Å². The van der Waals surface area contributed by atoms with Crippen LogP contribution in [0.25, 0.3) is 0 Å². The molecule has 1 fully saturated rings. The molecule has 0 aromatic rings. The summed E-state index contributed by atoms with van der Waals surface area (Å²) in [7, 11) is 0. The van der Waals surface area contributed by atoms with E-state index in [2.05, 4.69) is 11.6 Å². The van der Waals surface area contributed by atoms with Crippen LogP contribution in [-0.2, 0) is 4.79 Å². The van der Waals surface area contributed by atoms with Crippen molar-refractivity contribution in [2.75, 3.05) is 0 Å². The third-order valence-electron chi connectivity index (χ3n) is 5.05. The molecule has 1 N–H and O–H groups in total. The first-order valence-corrected chi connectivity index (χ1v) is 9.52. The molecule has 0 aromatic heterocycles. The Morgan fingerprint density at radius 3 is 1.30 bits per heavy atom. The van der Waals surface area contributed by atoms with E-state index in [1.807, 2.05) is 0 Å². The van der Waals surface area contributed by atoms with Gasteiger partial charge in [0.15, 0.2) is 0 Å². The monoisotopic (exact) mass is 539 g/mol. The molecule has 0 radical (unpaired) electrons. The lowest BCUT2D eigenvalue weighted by Crippen LogP contribution is -2.74. The smallest absolute Gasteiger partial charge is 0.348 e. The van der Waals surface area contributed by atoms with E-state index in [0.29, 0.717) is 19.3 Å². The molecule has 0 aromatic carbocycles. The summed E-state index contributed by atoms with van der Waals surface area (Å²) in [5.74, 6) is -49.9. The van der Waals surface area contributed by atoms with Gasteiger partial charge in [-0.2, -0.15) is 61.5 Å². The molecule has 33 heavy (non-hydrogen) atoms. The molecule has 0 aliphatic heterocycles. The van der Waals surface area contributed by atoms with Gasteiger partial charge < -0.3 is 5.32 Å². The molecule has 1 amide bonds. The van der Waals surface area contributed by atoms with Crippen LogP contribution in [0.1, 0.15) is 44.9 Å². The van der Waals surface area contributed by atoms with Crippen molar-refractivity contribution in [2.24, 2.45) is 0 Å². The number of amides is 1.